The van der Waals surface area contributed by atoms with Crippen LogP contribution in [-0.2, 0) is 13.6 Å². The van der Waals surface area contributed by atoms with Crippen molar-refractivity contribution in [1.29, 1.82) is 0 Å². The summed E-state index contributed by atoms with van der Waals surface area (Å²) in [6.07, 6.45) is 1.39. The van der Waals surface area contributed by atoms with E-state index in [9.17, 15) is 10.1 Å². The van der Waals surface area contributed by atoms with Gasteiger partial charge in [-0.2, -0.15) is 9.78 Å². The van der Waals surface area contributed by atoms with Crippen LogP contribution < -0.4 is 0 Å². The van der Waals surface area contributed by atoms with Gasteiger partial charge < -0.3 is 10.1 Å². The van der Waals surface area contributed by atoms with Crippen LogP contribution in [0.3, 0.4) is 0 Å². The molecule has 2 aromatic heterocycles. The summed E-state index contributed by atoms with van der Waals surface area (Å²) in [4.78, 5) is 10.00. The summed E-state index contributed by atoms with van der Waals surface area (Å²) >= 11 is 11.8. The molecule has 0 unspecified atom stereocenters. The number of rotatable bonds is 3. The van der Waals surface area contributed by atoms with E-state index in [2.05, 4.69) is 10.2 Å². The molecule has 0 saturated carbocycles. The van der Waals surface area contributed by atoms with Gasteiger partial charge in [0.1, 0.15) is 6.54 Å². The van der Waals surface area contributed by atoms with Crippen LogP contribution in [0.2, 0.25) is 10.0 Å². The summed E-state index contributed by atoms with van der Waals surface area (Å²) in [5, 5.41) is 19.1. The monoisotopic (exact) mass is 289 g/mol. The third kappa shape index (κ3) is 2.19. The first-order valence-electron chi connectivity index (χ1n) is 4.95. The van der Waals surface area contributed by atoms with Gasteiger partial charge >= 0.3 is 5.82 Å². The number of nitro groups is 1. The lowest BCUT2D eigenvalue weighted by molar-refractivity contribution is -0.389. The van der Waals surface area contributed by atoms with Gasteiger partial charge in [0.05, 0.1) is 27.7 Å². The van der Waals surface area contributed by atoms with E-state index in [4.69, 9.17) is 23.2 Å². The highest BCUT2D eigenvalue weighted by Gasteiger charge is 2.21. The van der Waals surface area contributed by atoms with Crippen LogP contribution in [0.5, 0.6) is 0 Å². The van der Waals surface area contributed by atoms with Gasteiger partial charge in [0.2, 0.25) is 0 Å². The number of aryl methyl sites for hydroxylation is 2. The van der Waals surface area contributed by atoms with Crippen LogP contribution in [-0.4, -0.2) is 24.5 Å². The van der Waals surface area contributed by atoms with Crippen LogP contribution in [0.1, 0.15) is 11.4 Å². The van der Waals surface area contributed by atoms with Gasteiger partial charge in [-0.3, -0.25) is 4.68 Å². The zero-order chi connectivity index (χ0) is 13.4. The maximum Gasteiger partial charge on any atom is 0.408 e. The first-order valence-corrected chi connectivity index (χ1v) is 5.71. The molecule has 0 bridgehead atoms. The van der Waals surface area contributed by atoms with Gasteiger partial charge in [0.15, 0.2) is 5.02 Å². The molecule has 0 spiro atoms. The van der Waals surface area contributed by atoms with E-state index in [0.717, 1.165) is 0 Å². The summed E-state index contributed by atoms with van der Waals surface area (Å²) in [5.74, 6) is -0.369. The van der Waals surface area contributed by atoms with Crippen LogP contribution in [0.4, 0.5) is 5.82 Å². The van der Waals surface area contributed by atoms with Crippen molar-refractivity contribution in [2.45, 2.75) is 13.5 Å². The SMILES string of the molecule is Cc1nn(C)c(Cn2cc(Cl)c([N+](=O)[O-])n2)c1Cl. The molecule has 0 saturated heterocycles. The normalized spacial score (nSPS) is 10.9. The highest BCUT2D eigenvalue weighted by Crippen LogP contribution is 2.24. The number of hydrogen-bond donors (Lipinski definition) is 0. The Bertz CT molecular complexity index is 619. The molecular formula is C9H9Cl2N5O2. The van der Waals surface area contributed by atoms with Crippen molar-refractivity contribution in [2.24, 2.45) is 7.05 Å². The number of halogens is 2. The third-order valence-corrected chi connectivity index (χ3v) is 3.20. The molecule has 96 valence electrons. The molecule has 0 aliphatic heterocycles. The molecule has 0 radical (unpaired) electrons. The first-order chi connectivity index (χ1) is 8.40. The Hall–Kier alpha value is -1.60. The zero-order valence-corrected chi connectivity index (χ0v) is 11.1. The quantitative estimate of drug-likeness (QED) is 0.641. The van der Waals surface area contributed by atoms with Gasteiger partial charge in [-0.05, 0) is 11.8 Å². The lowest BCUT2D eigenvalue weighted by Gasteiger charge is -1.99. The molecule has 0 atom stereocenters. The minimum absolute atomic E-state index is 0.00462. The van der Waals surface area contributed by atoms with Gasteiger partial charge in [-0.1, -0.05) is 23.2 Å². The Morgan fingerprint density at radius 3 is 2.56 bits per heavy atom. The summed E-state index contributed by atoms with van der Waals surface area (Å²) in [5.41, 5.74) is 1.41. The molecule has 9 heteroatoms. The second kappa shape index (κ2) is 4.58. The molecule has 0 N–H and O–H groups in total. The number of aromatic nitrogens is 4. The number of hydrogen-bond acceptors (Lipinski definition) is 4. The van der Waals surface area contributed by atoms with Crippen molar-refractivity contribution in [2.75, 3.05) is 0 Å². The zero-order valence-electron chi connectivity index (χ0n) is 9.59. The van der Waals surface area contributed by atoms with Gasteiger partial charge in [-0.25, -0.2) is 0 Å². The Kier molecular flexibility index (Phi) is 3.27. The third-order valence-electron chi connectivity index (χ3n) is 2.45. The standard InChI is InChI=1S/C9H9Cl2N5O2/c1-5-8(11)7(14(2)12-5)4-15-3-6(10)9(13-15)16(17)18/h3H,4H2,1-2H3. The van der Waals surface area contributed by atoms with E-state index >= 15 is 0 Å². The minimum Gasteiger partial charge on any atom is -0.358 e. The fraction of sp³-hybridized carbons (Fsp3) is 0.333. The summed E-state index contributed by atoms with van der Waals surface area (Å²) in [6, 6.07) is 0. The Labute approximate surface area is 112 Å². The molecule has 2 rings (SSSR count). The molecular weight excluding hydrogens is 281 g/mol. The minimum atomic E-state index is -0.630. The molecule has 18 heavy (non-hydrogen) atoms. The number of nitrogens with zero attached hydrogens (tertiary/aromatic N) is 5. The Balaban J connectivity index is 2.34. The molecule has 2 aromatic rings. The molecule has 7 nitrogen and oxygen atoms in total. The van der Waals surface area contributed by atoms with E-state index in [1.165, 1.54) is 10.9 Å². The predicted octanol–water partition coefficient (Wildman–Crippen LogP) is 2.19. The molecule has 0 aliphatic carbocycles. The Morgan fingerprint density at radius 2 is 2.11 bits per heavy atom. The smallest absolute Gasteiger partial charge is 0.358 e. The van der Waals surface area contributed by atoms with Crippen LogP contribution in [0.15, 0.2) is 6.20 Å². The first kappa shape index (κ1) is 12.8. The van der Waals surface area contributed by atoms with Crippen LogP contribution in [0, 0.1) is 17.0 Å². The average molecular weight is 290 g/mol. The fourth-order valence-electron chi connectivity index (χ4n) is 1.60. The van der Waals surface area contributed by atoms with E-state index in [-0.39, 0.29) is 17.4 Å². The van der Waals surface area contributed by atoms with Crippen molar-refractivity contribution in [3.63, 3.8) is 0 Å². The van der Waals surface area contributed by atoms with Crippen molar-refractivity contribution in [1.82, 2.24) is 19.6 Å². The highest BCUT2D eigenvalue weighted by molar-refractivity contribution is 6.32. The van der Waals surface area contributed by atoms with E-state index < -0.39 is 4.92 Å². The second-order valence-corrected chi connectivity index (χ2v) is 4.51. The van der Waals surface area contributed by atoms with Crippen LogP contribution in [0.25, 0.3) is 0 Å². The molecule has 0 amide bonds. The van der Waals surface area contributed by atoms with Gasteiger partial charge in [0.25, 0.3) is 0 Å². The van der Waals surface area contributed by atoms with Crippen molar-refractivity contribution < 1.29 is 4.92 Å². The lowest BCUT2D eigenvalue weighted by atomic mass is 10.3. The molecule has 0 aromatic carbocycles. The van der Waals surface area contributed by atoms with Crippen LogP contribution >= 0.6 is 23.2 Å². The molecule has 2 heterocycles. The van der Waals surface area contributed by atoms with Crippen molar-refractivity contribution >= 4 is 29.0 Å². The average Bonchev–Trinajstić information content (AvgIpc) is 2.75. The summed E-state index contributed by atoms with van der Waals surface area (Å²) in [7, 11) is 1.74. The van der Waals surface area contributed by atoms with Gasteiger partial charge in [-0.15, -0.1) is 0 Å². The molecule has 0 fully saturated rings. The Morgan fingerprint density at radius 1 is 1.44 bits per heavy atom. The van der Waals surface area contributed by atoms with Gasteiger partial charge in [0, 0.05) is 7.05 Å². The lowest BCUT2D eigenvalue weighted by Crippen LogP contribution is -2.06. The highest BCUT2D eigenvalue weighted by atomic mass is 35.5. The van der Waals surface area contributed by atoms with E-state index in [1.54, 1.807) is 18.7 Å². The summed E-state index contributed by atoms with van der Waals surface area (Å²) in [6.45, 7) is 2.05. The van der Waals surface area contributed by atoms with Crippen molar-refractivity contribution in [3.05, 3.63) is 37.7 Å². The van der Waals surface area contributed by atoms with Crippen molar-refractivity contribution in [3.8, 4) is 0 Å². The second-order valence-electron chi connectivity index (χ2n) is 3.73. The maximum absolute atomic E-state index is 10.6. The van der Waals surface area contributed by atoms with E-state index in [0.29, 0.717) is 16.4 Å². The van der Waals surface area contributed by atoms with E-state index in [1.807, 2.05) is 0 Å². The molecule has 0 aliphatic rings. The predicted molar refractivity (Wildman–Crippen MR) is 65.9 cm³/mol. The topological polar surface area (TPSA) is 78.8 Å². The summed E-state index contributed by atoms with van der Waals surface area (Å²) < 4.78 is 2.97. The maximum atomic E-state index is 10.6. The fourth-order valence-corrected chi connectivity index (χ4v) is 2.04. The largest absolute Gasteiger partial charge is 0.408 e.